The second kappa shape index (κ2) is 3.93. The van der Waals surface area contributed by atoms with Crippen molar-refractivity contribution in [3.05, 3.63) is 23.8 Å². The van der Waals surface area contributed by atoms with Crippen LogP contribution in [0, 0.1) is 11.3 Å². The fourth-order valence-corrected chi connectivity index (χ4v) is 1.20. The first-order valence-corrected chi connectivity index (χ1v) is 4.46. The molecular weight excluding hydrogens is 237 g/mol. The van der Waals surface area contributed by atoms with Crippen molar-refractivity contribution in [1.29, 1.82) is 5.26 Å². The smallest absolute Gasteiger partial charge is 0.352 e. The number of nitrogens with one attached hydrogen (secondary N) is 1. The topological polar surface area (TPSA) is 78.5 Å². The molecular formula is C9H5F3N4O. The summed E-state index contributed by atoms with van der Waals surface area (Å²) >= 11 is 0. The summed E-state index contributed by atoms with van der Waals surface area (Å²) in [6.45, 7) is 0. The summed E-state index contributed by atoms with van der Waals surface area (Å²) in [5.41, 5.74) is 0.637. The lowest BCUT2D eigenvalue weighted by Crippen LogP contribution is -2.12. The van der Waals surface area contributed by atoms with Crippen molar-refractivity contribution >= 4 is 0 Å². The first kappa shape index (κ1) is 11.2. The summed E-state index contributed by atoms with van der Waals surface area (Å²) in [5, 5.41) is 11.8. The van der Waals surface area contributed by atoms with Crippen molar-refractivity contribution < 1.29 is 17.7 Å². The Hall–Kier alpha value is -2.30. The Morgan fingerprint density at radius 3 is 2.82 bits per heavy atom. The molecule has 0 spiro atoms. The van der Waals surface area contributed by atoms with Gasteiger partial charge in [-0.1, -0.05) is 5.16 Å². The highest BCUT2D eigenvalue weighted by atomic mass is 19.4. The molecule has 2 aromatic rings. The summed E-state index contributed by atoms with van der Waals surface area (Å²) in [6.07, 6.45) is -4.22. The van der Waals surface area contributed by atoms with Gasteiger partial charge >= 0.3 is 6.18 Å². The molecule has 0 aliphatic heterocycles. The van der Waals surface area contributed by atoms with Crippen molar-refractivity contribution in [3.63, 3.8) is 0 Å². The molecule has 0 aromatic carbocycles. The van der Waals surface area contributed by atoms with Crippen LogP contribution in [0.4, 0.5) is 13.2 Å². The molecule has 0 saturated carbocycles. The van der Waals surface area contributed by atoms with E-state index in [2.05, 4.69) is 19.6 Å². The van der Waals surface area contributed by atoms with E-state index in [0.29, 0.717) is 5.56 Å². The molecule has 8 heteroatoms. The Balaban J connectivity index is 2.21. The summed E-state index contributed by atoms with van der Waals surface area (Å²) in [7, 11) is 0. The molecule has 0 bridgehead atoms. The lowest BCUT2D eigenvalue weighted by atomic mass is 10.3. The van der Waals surface area contributed by atoms with E-state index < -0.39 is 18.4 Å². The van der Waals surface area contributed by atoms with Crippen LogP contribution in [0.25, 0.3) is 11.5 Å². The van der Waals surface area contributed by atoms with Crippen molar-refractivity contribution in [3.8, 4) is 17.5 Å². The number of aromatic nitrogens is 3. The zero-order valence-corrected chi connectivity index (χ0v) is 8.25. The van der Waals surface area contributed by atoms with Gasteiger partial charge in [-0.3, -0.25) is 0 Å². The number of rotatable bonds is 2. The van der Waals surface area contributed by atoms with E-state index in [4.69, 9.17) is 5.26 Å². The van der Waals surface area contributed by atoms with Gasteiger partial charge in [0.25, 0.3) is 5.89 Å². The maximum absolute atomic E-state index is 12.0. The molecule has 0 amide bonds. The molecule has 0 aliphatic rings. The largest absolute Gasteiger partial charge is 0.396 e. The van der Waals surface area contributed by atoms with Crippen molar-refractivity contribution in [2.75, 3.05) is 0 Å². The van der Waals surface area contributed by atoms with Crippen LogP contribution in [0.15, 0.2) is 16.8 Å². The molecule has 5 nitrogen and oxygen atoms in total. The van der Waals surface area contributed by atoms with Gasteiger partial charge in [0.1, 0.15) is 18.2 Å². The predicted octanol–water partition coefficient (Wildman–Crippen LogP) is 2.04. The molecule has 0 atom stereocenters. The van der Waals surface area contributed by atoms with Gasteiger partial charge < -0.3 is 9.51 Å². The van der Waals surface area contributed by atoms with Crippen LogP contribution in [0.5, 0.6) is 0 Å². The van der Waals surface area contributed by atoms with Gasteiger partial charge in [-0.25, -0.2) is 0 Å². The van der Waals surface area contributed by atoms with Crippen LogP contribution in [0.2, 0.25) is 0 Å². The van der Waals surface area contributed by atoms with E-state index >= 15 is 0 Å². The van der Waals surface area contributed by atoms with Gasteiger partial charge in [0, 0.05) is 6.20 Å². The number of alkyl halides is 3. The number of aromatic amines is 1. The van der Waals surface area contributed by atoms with Crippen LogP contribution in [-0.4, -0.2) is 21.3 Å². The van der Waals surface area contributed by atoms with Gasteiger partial charge in [0.05, 0.1) is 5.56 Å². The Labute approximate surface area is 92.9 Å². The number of nitriles is 1. The number of hydrogen-bond acceptors (Lipinski definition) is 4. The highest BCUT2D eigenvalue weighted by Crippen LogP contribution is 2.22. The van der Waals surface area contributed by atoms with Crippen molar-refractivity contribution in [2.45, 2.75) is 12.6 Å². The van der Waals surface area contributed by atoms with Gasteiger partial charge in [0.2, 0.25) is 0 Å². The average Bonchev–Trinajstić information content (AvgIpc) is 2.82. The summed E-state index contributed by atoms with van der Waals surface area (Å²) in [6, 6.07) is 3.24. The highest BCUT2D eigenvalue weighted by Gasteiger charge is 2.30. The Kier molecular flexibility index (Phi) is 2.59. The van der Waals surface area contributed by atoms with Crippen molar-refractivity contribution in [2.24, 2.45) is 0 Å². The molecule has 88 valence electrons. The van der Waals surface area contributed by atoms with Crippen LogP contribution in [-0.2, 0) is 6.42 Å². The van der Waals surface area contributed by atoms with E-state index in [1.807, 2.05) is 6.07 Å². The first-order valence-electron chi connectivity index (χ1n) is 4.46. The lowest BCUT2D eigenvalue weighted by molar-refractivity contribution is -0.128. The molecule has 0 radical (unpaired) electrons. The fraction of sp³-hybridized carbons (Fsp3) is 0.222. The molecule has 0 unspecified atom stereocenters. The standard InChI is InChI=1S/C9H5F3N4O/c10-9(11,12)2-7-15-8(17-16-7)5-1-6(3-13)14-4-5/h1,4,14H,2H2. The first-order chi connectivity index (χ1) is 7.98. The third-order valence-corrected chi connectivity index (χ3v) is 1.88. The molecule has 2 heterocycles. The van der Waals surface area contributed by atoms with E-state index in [-0.39, 0.29) is 11.6 Å². The number of nitrogens with zero attached hydrogens (tertiary/aromatic N) is 3. The Morgan fingerprint density at radius 1 is 1.47 bits per heavy atom. The minimum atomic E-state index is -4.38. The molecule has 0 aliphatic carbocycles. The van der Waals surface area contributed by atoms with Crippen LogP contribution >= 0.6 is 0 Å². The number of halogens is 3. The minimum Gasteiger partial charge on any atom is -0.352 e. The summed E-state index contributed by atoms with van der Waals surface area (Å²) in [5.74, 6) is -0.491. The van der Waals surface area contributed by atoms with Gasteiger partial charge in [0.15, 0.2) is 5.82 Å². The molecule has 2 aromatic heterocycles. The minimum absolute atomic E-state index is 0.0537. The van der Waals surface area contributed by atoms with E-state index in [0.717, 1.165) is 0 Å². The molecule has 2 rings (SSSR count). The van der Waals surface area contributed by atoms with Gasteiger partial charge in [-0.05, 0) is 6.07 Å². The number of H-pyrrole nitrogens is 1. The van der Waals surface area contributed by atoms with E-state index in [1.54, 1.807) is 0 Å². The quantitative estimate of drug-likeness (QED) is 0.873. The molecule has 0 fully saturated rings. The van der Waals surface area contributed by atoms with Gasteiger partial charge in [-0.15, -0.1) is 0 Å². The maximum atomic E-state index is 12.0. The fourth-order valence-electron chi connectivity index (χ4n) is 1.20. The third-order valence-electron chi connectivity index (χ3n) is 1.88. The predicted molar refractivity (Wildman–Crippen MR) is 48.6 cm³/mol. The lowest BCUT2D eigenvalue weighted by Gasteiger charge is -1.99. The van der Waals surface area contributed by atoms with Crippen molar-refractivity contribution in [1.82, 2.24) is 15.1 Å². The third kappa shape index (κ3) is 2.63. The van der Waals surface area contributed by atoms with Gasteiger partial charge in [-0.2, -0.15) is 23.4 Å². The van der Waals surface area contributed by atoms with E-state index in [9.17, 15) is 13.2 Å². The average molecular weight is 242 g/mol. The van der Waals surface area contributed by atoms with Crippen LogP contribution < -0.4 is 0 Å². The molecule has 0 saturated heterocycles. The summed E-state index contributed by atoms with van der Waals surface area (Å²) in [4.78, 5) is 6.19. The Morgan fingerprint density at radius 2 is 2.24 bits per heavy atom. The maximum Gasteiger partial charge on any atom is 0.396 e. The zero-order chi connectivity index (χ0) is 12.5. The molecule has 17 heavy (non-hydrogen) atoms. The van der Waals surface area contributed by atoms with E-state index in [1.165, 1.54) is 12.3 Å². The second-order valence-corrected chi connectivity index (χ2v) is 3.22. The second-order valence-electron chi connectivity index (χ2n) is 3.22. The Bertz CT molecular complexity index is 563. The van der Waals surface area contributed by atoms with Crippen LogP contribution in [0.1, 0.15) is 11.5 Å². The SMILES string of the molecule is N#Cc1cc(-c2nc(CC(F)(F)F)no2)c[nH]1. The normalized spacial score (nSPS) is 11.4. The number of hydrogen-bond donors (Lipinski definition) is 1. The zero-order valence-electron chi connectivity index (χ0n) is 8.25. The summed E-state index contributed by atoms with van der Waals surface area (Å²) < 4.78 is 40.8. The molecule has 1 N–H and O–H groups in total. The van der Waals surface area contributed by atoms with Crippen LogP contribution in [0.3, 0.4) is 0 Å². The highest BCUT2D eigenvalue weighted by molar-refractivity contribution is 5.54. The monoisotopic (exact) mass is 242 g/mol.